The minimum atomic E-state index is 0.736. The summed E-state index contributed by atoms with van der Waals surface area (Å²) in [6, 6.07) is 8.18. The fourth-order valence-electron chi connectivity index (χ4n) is 1.78. The molecule has 0 amide bonds. The molecule has 3 heterocycles. The second-order valence-electron chi connectivity index (χ2n) is 4.21. The lowest BCUT2D eigenvalue weighted by Gasteiger charge is -1.98. The Morgan fingerprint density at radius 1 is 1.16 bits per heavy atom. The number of thiophene rings is 1. The van der Waals surface area contributed by atoms with E-state index in [2.05, 4.69) is 29.4 Å². The van der Waals surface area contributed by atoms with Gasteiger partial charge in [0.2, 0.25) is 0 Å². The molecule has 0 aliphatic carbocycles. The smallest absolute Gasteiger partial charge is 0.117 e. The van der Waals surface area contributed by atoms with E-state index in [1.807, 2.05) is 29.7 Å². The number of furan rings is 1. The molecule has 3 aromatic heterocycles. The lowest BCUT2D eigenvalue weighted by Crippen LogP contribution is -2.11. The van der Waals surface area contributed by atoms with E-state index < -0.39 is 0 Å². The number of hydrogen-bond donors (Lipinski definition) is 1. The Morgan fingerprint density at radius 3 is 2.84 bits per heavy atom. The molecular formula is C14H14N2OS2. The number of aromatic nitrogens is 1. The minimum absolute atomic E-state index is 0.736. The molecule has 0 aliphatic heterocycles. The van der Waals surface area contributed by atoms with Gasteiger partial charge in [-0.05, 0) is 31.2 Å². The molecule has 0 unspecified atom stereocenters. The van der Waals surface area contributed by atoms with Gasteiger partial charge in [-0.25, -0.2) is 4.98 Å². The van der Waals surface area contributed by atoms with Crippen molar-refractivity contribution in [2.75, 3.05) is 0 Å². The molecule has 0 atom stereocenters. The number of nitrogens with one attached hydrogen (secondary N) is 1. The van der Waals surface area contributed by atoms with E-state index in [1.165, 1.54) is 14.6 Å². The molecule has 3 rings (SSSR count). The van der Waals surface area contributed by atoms with E-state index in [0.717, 1.165) is 23.9 Å². The van der Waals surface area contributed by atoms with Gasteiger partial charge in [-0.3, -0.25) is 0 Å². The first kappa shape index (κ1) is 12.6. The van der Waals surface area contributed by atoms with Gasteiger partial charge in [-0.15, -0.1) is 22.7 Å². The summed E-state index contributed by atoms with van der Waals surface area (Å²) in [7, 11) is 0. The topological polar surface area (TPSA) is 38.1 Å². The van der Waals surface area contributed by atoms with E-state index in [1.54, 1.807) is 17.6 Å². The van der Waals surface area contributed by atoms with Crippen LogP contribution >= 0.6 is 22.7 Å². The Bertz CT molecular complexity index is 640. The summed E-state index contributed by atoms with van der Waals surface area (Å²) >= 11 is 3.55. The molecule has 0 aliphatic rings. The van der Waals surface area contributed by atoms with E-state index in [9.17, 15) is 0 Å². The summed E-state index contributed by atoms with van der Waals surface area (Å²) in [6.45, 7) is 3.64. The predicted octanol–water partition coefficient (Wildman–Crippen LogP) is 4.06. The van der Waals surface area contributed by atoms with Crippen molar-refractivity contribution in [2.24, 2.45) is 0 Å². The minimum Gasteiger partial charge on any atom is -0.468 e. The van der Waals surface area contributed by atoms with E-state index >= 15 is 0 Å². The molecule has 0 saturated carbocycles. The zero-order valence-electron chi connectivity index (χ0n) is 10.6. The zero-order chi connectivity index (χ0) is 13.1. The van der Waals surface area contributed by atoms with Crippen LogP contribution in [-0.4, -0.2) is 4.98 Å². The predicted molar refractivity (Wildman–Crippen MR) is 79.4 cm³/mol. The molecule has 0 radical (unpaired) electrons. The van der Waals surface area contributed by atoms with Crippen LogP contribution < -0.4 is 5.32 Å². The lowest BCUT2D eigenvalue weighted by atomic mass is 10.4. The first-order valence-electron chi connectivity index (χ1n) is 6.06. The summed E-state index contributed by atoms with van der Waals surface area (Å²) in [6.07, 6.45) is 3.65. The molecule has 0 aromatic carbocycles. The fraction of sp³-hybridized carbons (Fsp3) is 0.214. The van der Waals surface area contributed by atoms with Crippen LogP contribution in [0.3, 0.4) is 0 Å². The maximum Gasteiger partial charge on any atom is 0.117 e. The Hall–Kier alpha value is -1.43. The third-order valence-electron chi connectivity index (χ3n) is 2.69. The lowest BCUT2D eigenvalue weighted by molar-refractivity contribution is 0.483. The van der Waals surface area contributed by atoms with Crippen LogP contribution in [0, 0.1) is 6.92 Å². The molecule has 0 spiro atoms. The van der Waals surface area contributed by atoms with Crippen LogP contribution in [0.2, 0.25) is 0 Å². The van der Waals surface area contributed by atoms with Crippen molar-refractivity contribution in [3.8, 4) is 9.75 Å². The van der Waals surface area contributed by atoms with Gasteiger partial charge >= 0.3 is 0 Å². The van der Waals surface area contributed by atoms with E-state index in [-0.39, 0.29) is 0 Å². The van der Waals surface area contributed by atoms with Gasteiger partial charge in [0.05, 0.1) is 17.7 Å². The number of aryl methyl sites for hydroxylation is 1. The molecule has 0 fully saturated rings. The molecule has 19 heavy (non-hydrogen) atoms. The third kappa shape index (κ3) is 3.12. The van der Waals surface area contributed by atoms with Gasteiger partial charge in [-0.2, -0.15) is 0 Å². The summed E-state index contributed by atoms with van der Waals surface area (Å²) in [5.74, 6) is 0.950. The van der Waals surface area contributed by atoms with Crippen LogP contribution in [0.15, 0.2) is 41.1 Å². The highest BCUT2D eigenvalue weighted by molar-refractivity contribution is 7.21. The number of thiazole rings is 1. The summed E-state index contributed by atoms with van der Waals surface area (Å²) in [5, 5.41) is 4.44. The molecule has 98 valence electrons. The van der Waals surface area contributed by atoms with Crippen LogP contribution in [0.5, 0.6) is 0 Å². The Morgan fingerprint density at radius 2 is 2.11 bits per heavy atom. The SMILES string of the molecule is Cc1ccc(-c2cnc(CNCc3ccco3)s2)s1. The van der Waals surface area contributed by atoms with Gasteiger partial charge in [-0.1, -0.05) is 0 Å². The highest BCUT2D eigenvalue weighted by atomic mass is 32.1. The van der Waals surface area contributed by atoms with Crippen molar-refractivity contribution < 1.29 is 4.42 Å². The van der Waals surface area contributed by atoms with Crippen molar-refractivity contribution in [3.63, 3.8) is 0 Å². The van der Waals surface area contributed by atoms with Crippen LogP contribution in [0.4, 0.5) is 0 Å². The van der Waals surface area contributed by atoms with Gasteiger partial charge in [0.1, 0.15) is 10.8 Å². The van der Waals surface area contributed by atoms with Crippen molar-refractivity contribution in [1.29, 1.82) is 0 Å². The summed E-state index contributed by atoms with van der Waals surface area (Å²) in [5.41, 5.74) is 0. The van der Waals surface area contributed by atoms with Crippen molar-refractivity contribution in [3.05, 3.63) is 52.4 Å². The molecule has 0 saturated heterocycles. The third-order valence-corrected chi connectivity index (χ3v) is 4.89. The van der Waals surface area contributed by atoms with Crippen LogP contribution in [-0.2, 0) is 13.1 Å². The van der Waals surface area contributed by atoms with E-state index in [4.69, 9.17) is 4.42 Å². The average Bonchev–Trinajstić information content (AvgIpc) is 3.09. The quantitative estimate of drug-likeness (QED) is 0.770. The van der Waals surface area contributed by atoms with Crippen molar-refractivity contribution >= 4 is 22.7 Å². The maximum atomic E-state index is 5.27. The number of rotatable bonds is 5. The summed E-state index contributed by atoms with van der Waals surface area (Å²) < 4.78 is 5.27. The van der Waals surface area contributed by atoms with Crippen LogP contribution in [0.1, 0.15) is 15.6 Å². The van der Waals surface area contributed by atoms with Gasteiger partial charge < -0.3 is 9.73 Å². The Balaban J connectivity index is 1.59. The monoisotopic (exact) mass is 290 g/mol. The highest BCUT2D eigenvalue weighted by Gasteiger charge is 2.06. The zero-order valence-corrected chi connectivity index (χ0v) is 12.2. The standard InChI is InChI=1S/C14H14N2OS2/c1-10-4-5-12(18-10)13-8-16-14(19-13)9-15-7-11-3-2-6-17-11/h2-6,8,15H,7,9H2,1H3. The first-order chi connectivity index (χ1) is 9.31. The second-order valence-corrected chi connectivity index (χ2v) is 6.61. The Labute approximate surface area is 119 Å². The van der Waals surface area contributed by atoms with Gasteiger partial charge in [0.15, 0.2) is 0 Å². The molecule has 3 aromatic rings. The molecule has 3 nitrogen and oxygen atoms in total. The largest absolute Gasteiger partial charge is 0.468 e. The Kier molecular flexibility index (Phi) is 3.77. The second kappa shape index (κ2) is 5.69. The molecule has 0 bridgehead atoms. The van der Waals surface area contributed by atoms with Gasteiger partial charge in [0.25, 0.3) is 0 Å². The first-order valence-corrected chi connectivity index (χ1v) is 7.69. The van der Waals surface area contributed by atoms with E-state index in [0.29, 0.717) is 0 Å². The van der Waals surface area contributed by atoms with Gasteiger partial charge in [0, 0.05) is 22.5 Å². The van der Waals surface area contributed by atoms with Crippen molar-refractivity contribution in [1.82, 2.24) is 10.3 Å². The number of nitrogens with zero attached hydrogens (tertiary/aromatic N) is 1. The molecule has 1 N–H and O–H groups in total. The fourth-order valence-corrected chi connectivity index (χ4v) is 3.61. The normalized spacial score (nSPS) is 11.0. The average molecular weight is 290 g/mol. The molecular weight excluding hydrogens is 276 g/mol. The number of hydrogen-bond acceptors (Lipinski definition) is 5. The van der Waals surface area contributed by atoms with Crippen LogP contribution in [0.25, 0.3) is 9.75 Å². The molecule has 5 heteroatoms. The van der Waals surface area contributed by atoms with Crippen molar-refractivity contribution in [2.45, 2.75) is 20.0 Å². The highest BCUT2D eigenvalue weighted by Crippen LogP contribution is 2.31. The maximum absolute atomic E-state index is 5.27. The summed E-state index contributed by atoms with van der Waals surface area (Å²) in [4.78, 5) is 8.33.